The SMILES string of the molecule is CC(C)CCCC(C)NC(=O)c1cc(O)ccc1Cl. The topological polar surface area (TPSA) is 49.3 Å². The third kappa shape index (κ3) is 5.52. The molecule has 0 fully saturated rings. The molecule has 0 aliphatic heterocycles. The fourth-order valence-electron chi connectivity index (χ4n) is 1.89. The summed E-state index contributed by atoms with van der Waals surface area (Å²) in [6, 6.07) is 4.48. The number of amides is 1. The second-order valence-corrected chi connectivity index (χ2v) is 5.77. The average Bonchev–Trinajstić information content (AvgIpc) is 2.31. The highest BCUT2D eigenvalue weighted by Gasteiger charge is 2.13. The van der Waals surface area contributed by atoms with E-state index in [1.165, 1.54) is 18.2 Å². The number of carbonyl (C=O) groups is 1. The maximum atomic E-state index is 12.0. The maximum absolute atomic E-state index is 12.0. The highest BCUT2D eigenvalue weighted by Crippen LogP contribution is 2.21. The molecule has 1 aromatic rings. The number of aromatic hydroxyl groups is 1. The van der Waals surface area contributed by atoms with Crippen molar-refractivity contribution in [2.24, 2.45) is 5.92 Å². The third-order valence-corrected chi connectivity index (χ3v) is 3.32. The molecular weight excluding hydrogens is 262 g/mol. The van der Waals surface area contributed by atoms with Crippen molar-refractivity contribution in [2.45, 2.75) is 46.1 Å². The molecule has 1 amide bonds. The lowest BCUT2D eigenvalue weighted by Crippen LogP contribution is -2.32. The van der Waals surface area contributed by atoms with Gasteiger partial charge in [0.2, 0.25) is 0 Å². The summed E-state index contributed by atoms with van der Waals surface area (Å²) < 4.78 is 0. The number of halogens is 1. The van der Waals surface area contributed by atoms with E-state index in [1.54, 1.807) is 0 Å². The van der Waals surface area contributed by atoms with Crippen LogP contribution in [0.15, 0.2) is 18.2 Å². The van der Waals surface area contributed by atoms with Crippen molar-refractivity contribution < 1.29 is 9.90 Å². The molecule has 106 valence electrons. The van der Waals surface area contributed by atoms with Crippen LogP contribution in [-0.2, 0) is 0 Å². The Morgan fingerprint density at radius 1 is 1.32 bits per heavy atom. The van der Waals surface area contributed by atoms with Crippen molar-refractivity contribution in [1.82, 2.24) is 5.32 Å². The zero-order valence-electron chi connectivity index (χ0n) is 11.7. The molecular formula is C15H22ClNO2. The summed E-state index contributed by atoms with van der Waals surface area (Å²) >= 11 is 5.95. The number of phenolic OH excluding ortho intramolecular Hbond substituents is 1. The molecule has 0 saturated carbocycles. The van der Waals surface area contributed by atoms with Crippen LogP contribution in [0.4, 0.5) is 0 Å². The zero-order chi connectivity index (χ0) is 14.4. The summed E-state index contributed by atoms with van der Waals surface area (Å²) in [4.78, 5) is 12.0. The lowest BCUT2D eigenvalue weighted by Gasteiger charge is -2.15. The van der Waals surface area contributed by atoms with E-state index in [0.717, 1.165) is 19.3 Å². The number of nitrogens with one attached hydrogen (secondary N) is 1. The standard InChI is InChI=1S/C15H22ClNO2/c1-10(2)5-4-6-11(3)17-15(19)13-9-12(18)7-8-14(13)16/h7-11,18H,4-6H2,1-3H3,(H,17,19). The molecule has 0 aromatic heterocycles. The van der Waals surface area contributed by atoms with Crippen LogP contribution in [-0.4, -0.2) is 17.1 Å². The first kappa shape index (κ1) is 15.8. The van der Waals surface area contributed by atoms with Crippen molar-refractivity contribution in [3.8, 4) is 5.75 Å². The van der Waals surface area contributed by atoms with Crippen LogP contribution >= 0.6 is 11.6 Å². The van der Waals surface area contributed by atoms with Crippen molar-refractivity contribution in [2.75, 3.05) is 0 Å². The summed E-state index contributed by atoms with van der Waals surface area (Å²) in [6.07, 6.45) is 3.19. The Hall–Kier alpha value is -1.22. The fourth-order valence-corrected chi connectivity index (χ4v) is 2.10. The van der Waals surface area contributed by atoms with Crippen molar-refractivity contribution in [3.63, 3.8) is 0 Å². The van der Waals surface area contributed by atoms with Gasteiger partial charge in [-0.15, -0.1) is 0 Å². The van der Waals surface area contributed by atoms with Gasteiger partial charge in [-0.2, -0.15) is 0 Å². The fraction of sp³-hybridized carbons (Fsp3) is 0.533. The molecule has 2 N–H and O–H groups in total. The van der Waals surface area contributed by atoms with Gasteiger partial charge >= 0.3 is 0 Å². The van der Waals surface area contributed by atoms with Gasteiger partial charge in [0.25, 0.3) is 5.91 Å². The molecule has 1 atom stereocenters. The van der Waals surface area contributed by atoms with Crippen LogP contribution < -0.4 is 5.32 Å². The molecule has 1 rings (SSSR count). The number of benzene rings is 1. The molecule has 1 unspecified atom stereocenters. The Balaban J connectivity index is 2.52. The highest BCUT2D eigenvalue weighted by molar-refractivity contribution is 6.33. The van der Waals surface area contributed by atoms with Crippen LogP contribution in [0, 0.1) is 5.92 Å². The number of carbonyl (C=O) groups excluding carboxylic acids is 1. The summed E-state index contributed by atoms with van der Waals surface area (Å²) in [5, 5.41) is 12.6. The molecule has 1 aromatic carbocycles. The third-order valence-electron chi connectivity index (χ3n) is 2.99. The van der Waals surface area contributed by atoms with E-state index in [-0.39, 0.29) is 17.7 Å². The second kappa shape index (κ2) is 7.39. The first-order valence-corrected chi connectivity index (χ1v) is 7.07. The molecule has 4 heteroatoms. The molecule has 0 spiro atoms. The number of phenols is 1. The van der Waals surface area contributed by atoms with Gasteiger partial charge in [0.15, 0.2) is 0 Å². The van der Waals surface area contributed by atoms with E-state index in [9.17, 15) is 9.90 Å². The number of hydrogen-bond acceptors (Lipinski definition) is 2. The van der Waals surface area contributed by atoms with E-state index in [1.807, 2.05) is 6.92 Å². The largest absolute Gasteiger partial charge is 0.508 e. The lowest BCUT2D eigenvalue weighted by atomic mass is 10.0. The predicted molar refractivity (Wildman–Crippen MR) is 78.7 cm³/mol. The van der Waals surface area contributed by atoms with Gasteiger partial charge in [-0.1, -0.05) is 38.3 Å². The number of hydrogen-bond donors (Lipinski definition) is 2. The molecule has 0 bridgehead atoms. The summed E-state index contributed by atoms with van der Waals surface area (Å²) in [5.41, 5.74) is 0.317. The van der Waals surface area contributed by atoms with Crippen molar-refractivity contribution >= 4 is 17.5 Å². The summed E-state index contributed by atoms with van der Waals surface area (Å²) in [7, 11) is 0. The summed E-state index contributed by atoms with van der Waals surface area (Å²) in [6.45, 7) is 6.36. The maximum Gasteiger partial charge on any atom is 0.253 e. The van der Waals surface area contributed by atoms with E-state index in [0.29, 0.717) is 16.5 Å². The Kier molecular flexibility index (Phi) is 6.16. The Labute approximate surface area is 120 Å². The first-order valence-electron chi connectivity index (χ1n) is 6.69. The van der Waals surface area contributed by atoms with Gasteiger partial charge in [0.05, 0.1) is 10.6 Å². The van der Waals surface area contributed by atoms with Crippen molar-refractivity contribution in [1.29, 1.82) is 0 Å². The first-order chi connectivity index (χ1) is 8.90. The molecule has 0 aliphatic carbocycles. The molecule has 0 aliphatic rings. The van der Waals surface area contributed by atoms with E-state index in [4.69, 9.17) is 11.6 Å². The van der Waals surface area contributed by atoms with Crippen LogP contribution in [0.25, 0.3) is 0 Å². The smallest absolute Gasteiger partial charge is 0.253 e. The Morgan fingerprint density at radius 3 is 2.63 bits per heavy atom. The minimum Gasteiger partial charge on any atom is -0.508 e. The lowest BCUT2D eigenvalue weighted by molar-refractivity contribution is 0.0937. The van der Waals surface area contributed by atoms with Gasteiger partial charge < -0.3 is 10.4 Å². The minimum absolute atomic E-state index is 0.0435. The van der Waals surface area contributed by atoms with Crippen LogP contribution in [0.2, 0.25) is 5.02 Å². The molecule has 3 nitrogen and oxygen atoms in total. The van der Waals surface area contributed by atoms with Gasteiger partial charge in [0.1, 0.15) is 5.75 Å². The normalized spacial score (nSPS) is 12.5. The van der Waals surface area contributed by atoms with E-state index in [2.05, 4.69) is 19.2 Å². The molecule has 0 radical (unpaired) electrons. The predicted octanol–water partition coefficient (Wildman–Crippen LogP) is 3.99. The zero-order valence-corrected chi connectivity index (χ0v) is 12.5. The van der Waals surface area contributed by atoms with Gasteiger partial charge in [0, 0.05) is 6.04 Å². The van der Waals surface area contributed by atoms with E-state index < -0.39 is 0 Å². The minimum atomic E-state index is -0.238. The Bertz CT molecular complexity index is 432. The van der Waals surface area contributed by atoms with Crippen molar-refractivity contribution in [3.05, 3.63) is 28.8 Å². The quantitative estimate of drug-likeness (QED) is 0.829. The van der Waals surface area contributed by atoms with E-state index >= 15 is 0 Å². The van der Waals surface area contributed by atoms with Gasteiger partial charge in [-0.3, -0.25) is 4.79 Å². The second-order valence-electron chi connectivity index (χ2n) is 5.36. The molecule has 0 heterocycles. The van der Waals surface area contributed by atoms with Gasteiger partial charge in [-0.25, -0.2) is 0 Å². The molecule has 0 saturated heterocycles. The number of rotatable bonds is 6. The monoisotopic (exact) mass is 283 g/mol. The highest BCUT2D eigenvalue weighted by atomic mass is 35.5. The van der Waals surface area contributed by atoms with Gasteiger partial charge in [-0.05, 0) is 37.5 Å². The Morgan fingerprint density at radius 2 is 2.00 bits per heavy atom. The van der Waals surface area contributed by atoms with Crippen LogP contribution in [0.5, 0.6) is 5.75 Å². The molecule has 19 heavy (non-hydrogen) atoms. The summed E-state index contributed by atoms with van der Waals surface area (Å²) in [5.74, 6) is 0.489. The van der Waals surface area contributed by atoms with Crippen LogP contribution in [0.1, 0.15) is 50.4 Å². The average molecular weight is 284 g/mol. The van der Waals surface area contributed by atoms with Crippen LogP contribution in [0.3, 0.4) is 0 Å².